The van der Waals surface area contributed by atoms with Crippen molar-refractivity contribution in [2.45, 2.75) is 4.90 Å². The van der Waals surface area contributed by atoms with Gasteiger partial charge in [0.05, 0.1) is 10.5 Å². The van der Waals surface area contributed by atoms with E-state index in [4.69, 9.17) is 15.0 Å². The highest BCUT2D eigenvalue weighted by Gasteiger charge is 2.12. The molecule has 8 nitrogen and oxygen atoms in total. The molecule has 0 aliphatic heterocycles. The molecule has 4 N–H and O–H groups in total. The maximum absolute atomic E-state index is 11.8. The van der Waals surface area contributed by atoms with Gasteiger partial charge in [-0.2, -0.15) is 0 Å². The van der Waals surface area contributed by atoms with Gasteiger partial charge >= 0.3 is 5.97 Å². The van der Waals surface area contributed by atoms with E-state index in [9.17, 15) is 18.0 Å². The Kier molecular flexibility index (Phi) is 5.17. The summed E-state index contributed by atoms with van der Waals surface area (Å²) in [5.74, 6) is -1.38. The molecule has 0 atom stereocenters. The number of hydrogen-bond acceptors (Lipinski definition) is 6. The minimum Gasteiger partial charge on any atom is -0.508 e. The van der Waals surface area contributed by atoms with E-state index in [0.717, 1.165) is 0 Å². The van der Waals surface area contributed by atoms with Gasteiger partial charge in [-0.25, -0.2) is 18.4 Å². The number of aromatic hydroxyl groups is 1. The SMILES string of the molecule is NS(=O)(=O)c1cccc(NC(=O)COC(=O)c2ccc(O)cc2)c1. The van der Waals surface area contributed by atoms with Crippen LogP contribution in [0, 0.1) is 0 Å². The molecular formula is C15H14N2O6S. The van der Waals surface area contributed by atoms with Crippen LogP contribution in [0.15, 0.2) is 53.4 Å². The van der Waals surface area contributed by atoms with Crippen molar-refractivity contribution in [3.05, 3.63) is 54.1 Å². The molecule has 0 aromatic heterocycles. The second-order valence-electron chi connectivity index (χ2n) is 4.74. The van der Waals surface area contributed by atoms with Crippen LogP contribution >= 0.6 is 0 Å². The summed E-state index contributed by atoms with van der Waals surface area (Å²) in [4.78, 5) is 23.3. The number of anilines is 1. The number of carbonyl (C=O) groups excluding carboxylic acids is 2. The lowest BCUT2D eigenvalue weighted by Gasteiger charge is -2.08. The monoisotopic (exact) mass is 350 g/mol. The van der Waals surface area contributed by atoms with Gasteiger partial charge in [0, 0.05) is 5.69 Å². The van der Waals surface area contributed by atoms with Crippen molar-refractivity contribution in [2.24, 2.45) is 5.14 Å². The quantitative estimate of drug-likeness (QED) is 0.684. The molecule has 0 heterocycles. The number of benzene rings is 2. The molecule has 0 radical (unpaired) electrons. The first-order chi connectivity index (χ1) is 11.3. The first-order valence-electron chi connectivity index (χ1n) is 6.64. The van der Waals surface area contributed by atoms with Gasteiger partial charge in [0.15, 0.2) is 6.61 Å². The van der Waals surface area contributed by atoms with E-state index in [1.165, 1.54) is 48.5 Å². The summed E-state index contributed by atoms with van der Waals surface area (Å²) in [6, 6.07) is 10.7. The van der Waals surface area contributed by atoms with Crippen LogP contribution in [0.25, 0.3) is 0 Å². The molecule has 0 spiro atoms. The second-order valence-corrected chi connectivity index (χ2v) is 6.31. The maximum Gasteiger partial charge on any atom is 0.338 e. The predicted octanol–water partition coefficient (Wildman–Crippen LogP) is 0.835. The van der Waals surface area contributed by atoms with Crippen LogP contribution in [0.4, 0.5) is 5.69 Å². The number of sulfonamides is 1. The molecular weight excluding hydrogens is 336 g/mol. The lowest BCUT2D eigenvalue weighted by molar-refractivity contribution is -0.119. The van der Waals surface area contributed by atoms with Gasteiger partial charge in [-0.3, -0.25) is 4.79 Å². The van der Waals surface area contributed by atoms with Gasteiger partial charge in [-0.05, 0) is 42.5 Å². The minimum absolute atomic E-state index is 0.000897. The molecule has 2 aromatic rings. The van der Waals surface area contributed by atoms with Crippen LogP contribution in [0.2, 0.25) is 0 Å². The molecule has 9 heteroatoms. The van der Waals surface area contributed by atoms with E-state index in [-0.39, 0.29) is 21.9 Å². The number of esters is 1. The molecule has 24 heavy (non-hydrogen) atoms. The summed E-state index contributed by atoms with van der Waals surface area (Å²) >= 11 is 0. The Morgan fingerprint density at radius 2 is 1.79 bits per heavy atom. The zero-order chi connectivity index (χ0) is 17.7. The average molecular weight is 350 g/mol. The molecule has 0 unspecified atom stereocenters. The zero-order valence-corrected chi connectivity index (χ0v) is 13.1. The Hall–Kier alpha value is -2.91. The first-order valence-corrected chi connectivity index (χ1v) is 8.19. The smallest absolute Gasteiger partial charge is 0.338 e. The number of carbonyl (C=O) groups is 2. The molecule has 2 rings (SSSR count). The highest BCUT2D eigenvalue weighted by molar-refractivity contribution is 7.89. The zero-order valence-electron chi connectivity index (χ0n) is 12.3. The molecule has 126 valence electrons. The number of ether oxygens (including phenoxy) is 1. The molecule has 0 aliphatic carbocycles. The number of primary sulfonamides is 1. The lowest BCUT2D eigenvalue weighted by Crippen LogP contribution is -2.21. The summed E-state index contributed by atoms with van der Waals surface area (Å²) in [5.41, 5.74) is 0.379. The third-order valence-corrected chi connectivity index (χ3v) is 3.79. The third kappa shape index (κ3) is 4.80. The average Bonchev–Trinajstić information content (AvgIpc) is 2.53. The Morgan fingerprint density at radius 1 is 1.12 bits per heavy atom. The number of hydrogen-bond donors (Lipinski definition) is 3. The topological polar surface area (TPSA) is 136 Å². The standard InChI is InChI=1S/C15H14N2O6S/c16-24(21,22)13-3-1-2-11(8-13)17-14(19)9-23-15(20)10-4-6-12(18)7-5-10/h1-8,18H,9H2,(H,17,19)(H2,16,21,22). The van der Waals surface area contributed by atoms with Crippen molar-refractivity contribution in [2.75, 3.05) is 11.9 Å². The number of nitrogens with two attached hydrogens (primary N) is 1. The molecule has 0 saturated heterocycles. The van der Waals surface area contributed by atoms with Crippen molar-refractivity contribution in [3.8, 4) is 5.75 Å². The van der Waals surface area contributed by atoms with Crippen molar-refractivity contribution in [1.29, 1.82) is 0 Å². The molecule has 2 aromatic carbocycles. The van der Waals surface area contributed by atoms with Crippen LogP contribution in [0.3, 0.4) is 0 Å². The fourth-order valence-electron chi connectivity index (χ4n) is 1.76. The van der Waals surface area contributed by atoms with Crippen LogP contribution in [-0.4, -0.2) is 32.0 Å². The molecule has 1 amide bonds. The third-order valence-electron chi connectivity index (χ3n) is 2.88. The summed E-state index contributed by atoms with van der Waals surface area (Å²) < 4.78 is 27.3. The number of nitrogens with one attached hydrogen (secondary N) is 1. The van der Waals surface area contributed by atoms with Gasteiger partial charge in [0.2, 0.25) is 10.0 Å². The number of phenolic OH excluding ortho intramolecular Hbond substituents is 1. The van der Waals surface area contributed by atoms with Gasteiger partial charge < -0.3 is 15.2 Å². The van der Waals surface area contributed by atoms with E-state index in [1.54, 1.807) is 0 Å². The Bertz CT molecular complexity index is 862. The maximum atomic E-state index is 11.8. The Balaban J connectivity index is 1.94. The first kappa shape index (κ1) is 17.4. The summed E-state index contributed by atoms with van der Waals surface area (Å²) in [6.07, 6.45) is 0. The van der Waals surface area contributed by atoms with Crippen molar-refractivity contribution in [3.63, 3.8) is 0 Å². The Labute approximate surface area is 137 Å². The van der Waals surface area contributed by atoms with Gasteiger partial charge in [0.25, 0.3) is 5.91 Å². The molecule has 0 aliphatic rings. The van der Waals surface area contributed by atoms with Crippen molar-refractivity contribution < 1.29 is 27.9 Å². The minimum atomic E-state index is -3.88. The Morgan fingerprint density at radius 3 is 2.42 bits per heavy atom. The van der Waals surface area contributed by atoms with Crippen molar-refractivity contribution >= 4 is 27.6 Å². The molecule has 0 bridgehead atoms. The fourth-order valence-corrected chi connectivity index (χ4v) is 2.32. The van der Waals surface area contributed by atoms with Crippen LogP contribution < -0.4 is 10.5 Å². The van der Waals surface area contributed by atoms with Crippen LogP contribution in [-0.2, 0) is 19.6 Å². The van der Waals surface area contributed by atoms with E-state index in [2.05, 4.69) is 5.32 Å². The summed E-state index contributed by atoms with van der Waals surface area (Å²) in [6.45, 7) is -0.556. The van der Waals surface area contributed by atoms with Gasteiger partial charge in [0.1, 0.15) is 5.75 Å². The van der Waals surface area contributed by atoms with Crippen LogP contribution in [0.5, 0.6) is 5.75 Å². The van der Waals surface area contributed by atoms with Gasteiger partial charge in [-0.1, -0.05) is 6.07 Å². The molecule has 0 saturated carbocycles. The second kappa shape index (κ2) is 7.11. The van der Waals surface area contributed by atoms with Gasteiger partial charge in [-0.15, -0.1) is 0 Å². The van der Waals surface area contributed by atoms with E-state index < -0.39 is 28.5 Å². The number of rotatable bonds is 5. The largest absolute Gasteiger partial charge is 0.508 e. The fraction of sp³-hybridized carbons (Fsp3) is 0.0667. The van der Waals surface area contributed by atoms with Crippen molar-refractivity contribution in [1.82, 2.24) is 0 Å². The van der Waals surface area contributed by atoms with E-state index in [1.807, 2.05) is 0 Å². The highest BCUT2D eigenvalue weighted by atomic mass is 32.2. The summed E-state index contributed by atoms with van der Waals surface area (Å²) in [7, 11) is -3.88. The molecule has 0 fully saturated rings. The summed E-state index contributed by atoms with van der Waals surface area (Å²) in [5, 5.41) is 16.5. The highest BCUT2D eigenvalue weighted by Crippen LogP contribution is 2.14. The van der Waals surface area contributed by atoms with Crippen LogP contribution in [0.1, 0.15) is 10.4 Å². The normalized spacial score (nSPS) is 10.9. The predicted molar refractivity (Wildman–Crippen MR) is 84.8 cm³/mol. The lowest BCUT2D eigenvalue weighted by atomic mass is 10.2. The number of phenols is 1. The van der Waals surface area contributed by atoms with E-state index >= 15 is 0 Å². The van der Waals surface area contributed by atoms with E-state index in [0.29, 0.717) is 0 Å². The number of amides is 1.